The van der Waals surface area contributed by atoms with E-state index in [2.05, 4.69) is 61.2 Å². The lowest BCUT2D eigenvalue weighted by atomic mass is 10.0. The van der Waals surface area contributed by atoms with Gasteiger partial charge in [0.15, 0.2) is 0 Å². The Morgan fingerprint density at radius 2 is 1.83 bits per heavy atom. The Bertz CT molecular complexity index is 507. The molecule has 0 aliphatic carbocycles. The average molecular weight is 242 g/mol. The maximum absolute atomic E-state index is 5.67. The fourth-order valence-corrected chi connectivity index (χ4v) is 2.47. The molecule has 1 atom stereocenters. The van der Waals surface area contributed by atoms with E-state index in [1.54, 1.807) is 0 Å². The van der Waals surface area contributed by atoms with Gasteiger partial charge in [0.2, 0.25) is 0 Å². The van der Waals surface area contributed by atoms with Crippen LogP contribution in [0, 0.1) is 0 Å². The zero-order valence-corrected chi connectivity index (χ0v) is 11.3. The van der Waals surface area contributed by atoms with Crippen molar-refractivity contribution in [3.63, 3.8) is 0 Å². The number of hydrogen-bond donors (Lipinski definition) is 1. The summed E-state index contributed by atoms with van der Waals surface area (Å²) in [6.45, 7) is 7.14. The zero-order chi connectivity index (χ0) is 13.0. The molecule has 2 rings (SSSR count). The summed E-state index contributed by atoms with van der Waals surface area (Å²) in [5.74, 6) is 0. The van der Waals surface area contributed by atoms with Crippen molar-refractivity contribution in [1.29, 1.82) is 0 Å². The van der Waals surface area contributed by atoms with Crippen molar-refractivity contribution in [3.05, 3.63) is 48.0 Å². The molecule has 2 nitrogen and oxygen atoms in total. The molecule has 0 aromatic heterocycles. The summed E-state index contributed by atoms with van der Waals surface area (Å²) in [4.78, 5) is 2.41. The quantitative estimate of drug-likeness (QED) is 0.872. The van der Waals surface area contributed by atoms with Crippen LogP contribution in [-0.4, -0.2) is 24.5 Å². The first-order chi connectivity index (χ1) is 8.76. The SMILES string of the molecule is CCN(CCN)[C@@H](C)c1ccc2ccccc2c1. The highest BCUT2D eigenvalue weighted by Crippen LogP contribution is 2.24. The molecule has 0 fully saturated rings. The molecule has 0 spiro atoms. The molecule has 0 heterocycles. The summed E-state index contributed by atoms with van der Waals surface area (Å²) in [5, 5.41) is 2.61. The lowest BCUT2D eigenvalue weighted by molar-refractivity contribution is 0.228. The first kappa shape index (κ1) is 13.1. The molecule has 0 saturated heterocycles. The Morgan fingerprint density at radius 3 is 2.50 bits per heavy atom. The van der Waals surface area contributed by atoms with Gasteiger partial charge in [-0.3, -0.25) is 4.90 Å². The number of fused-ring (bicyclic) bond motifs is 1. The number of likely N-dealkylation sites (N-methyl/N-ethyl adjacent to an activating group) is 1. The van der Waals surface area contributed by atoms with E-state index in [-0.39, 0.29) is 0 Å². The molecule has 2 heteroatoms. The number of rotatable bonds is 5. The molecule has 0 aliphatic rings. The monoisotopic (exact) mass is 242 g/mol. The fourth-order valence-electron chi connectivity index (χ4n) is 2.47. The van der Waals surface area contributed by atoms with E-state index >= 15 is 0 Å². The van der Waals surface area contributed by atoms with Gasteiger partial charge in [0, 0.05) is 19.1 Å². The summed E-state index contributed by atoms with van der Waals surface area (Å²) in [5.41, 5.74) is 7.03. The highest BCUT2D eigenvalue weighted by Gasteiger charge is 2.13. The highest BCUT2D eigenvalue weighted by molar-refractivity contribution is 5.83. The lowest BCUT2D eigenvalue weighted by Gasteiger charge is -2.27. The fraction of sp³-hybridized carbons (Fsp3) is 0.375. The zero-order valence-electron chi connectivity index (χ0n) is 11.3. The summed E-state index contributed by atoms with van der Waals surface area (Å²) < 4.78 is 0. The third kappa shape index (κ3) is 2.71. The van der Waals surface area contributed by atoms with Gasteiger partial charge in [0.25, 0.3) is 0 Å². The Balaban J connectivity index is 2.29. The molecule has 2 aromatic rings. The van der Waals surface area contributed by atoms with E-state index in [0.29, 0.717) is 12.6 Å². The minimum absolute atomic E-state index is 0.420. The van der Waals surface area contributed by atoms with Crippen molar-refractivity contribution < 1.29 is 0 Å². The van der Waals surface area contributed by atoms with Crippen LogP contribution in [0.1, 0.15) is 25.5 Å². The first-order valence-electron chi connectivity index (χ1n) is 6.69. The van der Waals surface area contributed by atoms with Crippen LogP contribution >= 0.6 is 0 Å². The Labute approximate surface area is 109 Å². The largest absolute Gasteiger partial charge is 0.329 e. The van der Waals surface area contributed by atoms with E-state index in [1.165, 1.54) is 16.3 Å². The van der Waals surface area contributed by atoms with Crippen LogP contribution in [0.3, 0.4) is 0 Å². The van der Waals surface area contributed by atoms with Gasteiger partial charge >= 0.3 is 0 Å². The predicted molar refractivity (Wildman–Crippen MR) is 78.7 cm³/mol. The van der Waals surface area contributed by atoms with Gasteiger partial charge in [-0.1, -0.05) is 43.3 Å². The Morgan fingerprint density at radius 1 is 1.11 bits per heavy atom. The van der Waals surface area contributed by atoms with Crippen molar-refractivity contribution in [2.24, 2.45) is 5.73 Å². The molecule has 0 radical (unpaired) electrons. The molecule has 18 heavy (non-hydrogen) atoms. The van der Waals surface area contributed by atoms with Gasteiger partial charge in [-0.05, 0) is 35.9 Å². The number of nitrogens with two attached hydrogens (primary N) is 1. The van der Waals surface area contributed by atoms with Crippen molar-refractivity contribution in [3.8, 4) is 0 Å². The molecule has 0 bridgehead atoms. The van der Waals surface area contributed by atoms with Crippen LogP contribution < -0.4 is 5.73 Å². The Kier molecular flexibility index (Phi) is 4.34. The topological polar surface area (TPSA) is 29.3 Å². The molecule has 0 unspecified atom stereocenters. The van der Waals surface area contributed by atoms with Crippen LogP contribution in [0.5, 0.6) is 0 Å². The standard InChI is InChI=1S/C16H22N2/c1-3-18(11-10-17)13(2)15-9-8-14-6-4-5-7-16(14)12-15/h4-9,12-13H,3,10-11,17H2,1-2H3/t13-/m0/s1. The first-order valence-corrected chi connectivity index (χ1v) is 6.69. The smallest absolute Gasteiger partial charge is 0.0320 e. The highest BCUT2D eigenvalue weighted by atomic mass is 15.1. The number of nitrogens with zero attached hydrogens (tertiary/aromatic N) is 1. The second-order valence-electron chi connectivity index (χ2n) is 4.70. The van der Waals surface area contributed by atoms with Crippen LogP contribution in [0.2, 0.25) is 0 Å². The summed E-state index contributed by atoms with van der Waals surface area (Å²) in [6.07, 6.45) is 0. The molecule has 96 valence electrons. The predicted octanol–water partition coefficient (Wildman–Crippen LogP) is 3.18. The third-order valence-corrected chi connectivity index (χ3v) is 3.63. The maximum Gasteiger partial charge on any atom is 0.0320 e. The Hall–Kier alpha value is -1.38. The average Bonchev–Trinajstić information content (AvgIpc) is 2.43. The van der Waals surface area contributed by atoms with Gasteiger partial charge in [-0.25, -0.2) is 0 Å². The van der Waals surface area contributed by atoms with Crippen LogP contribution in [0.4, 0.5) is 0 Å². The van der Waals surface area contributed by atoms with Gasteiger partial charge in [-0.15, -0.1) is 0 Å². The lowest BCUT2D eigenvalue weighted by Crippen LogP contribution is -2.31. The van der Waals surface area contributed by atoms with Crippen molar-refractivity contribution in [2.75, 3.05) is 19.6 Å². The molecular formula is C16H22N2. The van der Waals surface area contributed by atoms with E-state index in [9.17, 15) is 0 Å². The molecule has 2 aromatic carbocycles. The molecule has 2 N–H and O–H groups in total. The maximum atomic E-state index is 5.67. The van der Waals surface area contributed by atoms with E-state index in [0.717, 1.165) is 13.1 Å². The van der Waals surface area contributed by atoms with Crippen molar-refractivity contribution >= 4 is 10.8 Å². The summed E-state index contributed by atoms with van der Waals surface area (Å²) in [6, 6.07) is 15.6. The van der Waals surface area contributed by atoms with Crippen LogP contribution in [0.25, 0.3) is 10.8 Å². The summed E-state index contributed by atoms with van der Waals surface area (Å²) >= 11 is 0. The van der Waals surface area contributed by atoms with E-state index < -0.39 is 0 Å². The van der Waals surface area contributed by atoms with Crippen LogP contribution in [0.15, 0.2) is 42.5 Å². The normalized spacial score (nSPS) is 13.1. The third-order valence-electron chi connectivity index (χ3n) is 3.63. The van der Waals surface area contributed by atoms with Crippen molar-refractivity contribution in [2.45, 2.75) is 19.9 Å². The van der Waals surface area contributed by atoms with Gasteiger partial charge in [0.05, 0.1) is 0 Å². The molecule has 0 aliphatic heterocycles. The van der Waals surface area contributed by atoms with Gasteiger partial charge in [0.1, 0.15) is 0 Å². The second kappa shape index (κ2) is 5.98. The second-order valence-corrected chi connectivity index (χ2v) is 4.70. The molecule has 0 saturated carbocycles. The number of benzene rings is 2. The number of hydrogen-bond acceptors (Lipinski definition) is 2. The van der Waals surface area contributed by atoms with E-state index in [4.69, 9.17) is 5.73 Å². The van der Waals surface area contributed by atoms with Gasteiger partial charge in [-0.2, -0.15) is 0 Å². The minimum atomic E-state index is 0.420. The molecule has 0 amide bonds. The molecular weight excluding hydrogens is 220 g/mol. The van der Waals surface area contributed by atoms with Crippen molar-refractivity contribution in [1.82, 2.24) is 4.90 Å². The summed E-state index contributed by atoms with van der Waals surface area (Å²) in [7, 11) is 0. The van der Waals surface area contributed by atoms with Gasteiger partial charge < -0.3 is 5.73 Å². The minimum Gasteiger partial charge on any atom is -0.329 e. The van der Waals surface area contributed by atoms with E-state index in [1.807, 2.05) is 0 Å². The van der Waals surface area contributed by atoms with Crippen LogP contribution in [-0.2, 0) is 0 Å².